The molecule has 0 bridgehead atoms. The van der Waals surface area contributed by atoms with Crippen molar-refractivity contribution < 1.29 is 0 Å². The lowest BCUT2D eigenvalue weighted by Crippen LogP contribution is -2.19. The molecule has 0 aliphatic rings. The molecule has 0 N–H and O–H groups in total. The number of fused-ring (bicyclic) bond motifs is 3. The first-order valence-electron chi connectivity index (χ1n) is 7.69. The van der Waals surface area contributed by atoms with Gasteiger partial charge in [-0.1, -0.05) is 36.3 Å². The first-order valence-corrected chi connectivity index (χ1v) is 7.69. The number of aromatic nitrogens is 4. The first kappa shape index (κ1) is 14.2. The van der Waals surface area contributed by atoms with E-state index in [1.54, 1.807) is 6.33 Å². The zero-order valence-corrected chi connectivity index (χ0v) is 13.2. The monoisotopic (exact) mass is 313 g/mol. The molecule has 0 aliphatic carbocycles. The van der Waals surface area contributed by atoms with E-state index in [4.69, 9.17) is 4.98 Å². The van der Waals surface area contributed by atoms with E-state index in [2.05, 4.69) is 45.1 Å². The topological polar surface area (TPSA) is 46.3 Å². The first-order chi connectivity index (χ1) is 11.9. The van der Waals surface area contributed by atoms with Crippen LogP contribution in [0.1, 0.15) is 6.92 Å². The second kappa shape index (κ2) is 6.01. The highest BCUT2D eigenvalue weighted by atomic mass is 15.3. The molecule has 0 saturated heterocycles. The molecule has 0 radical (unpaired) electrons. The Morgan fingerprint density at radius 1 is 1.04 bits per heavy atom. The van der Waals surface area contributed by atoms with E-state index >= 15 is 0 Å². The minimum Gasteiger partial charge on any atom is -0.314 e. The van der Waals surface area contributed by atoms with Gasteiger partial charge < -0.3 is 4.90 Å². The molecule has 2 heterocycles. The van der Waals surface area contributed by atoms with Gasteiger partial charge in [0.25, 0.3) is 5.78 Å². The van der Waals surface area contributed by atoms with Crippen molar-refractivity contribution in [2.24, 2.45) is 0 Å². The fourth-order valence-corrected chi connectivity index (χ4v) is 2.76. The van der Waals surface area contributed by atoms with Crippen molar-refractivity contribution in [3.05, 3.63) is 60.9 Å². The molecular formula is C19H15N5. The van der Waals surface area contributed by atoms with Crippen LogP contribution >= 0.6 is 0 Å². The maximum absolute atomic E-state index is 4.74. The molecule has 2 aromatic carbocycles. The number of nitrogens with zero attached hydrogens (tertiary/aromatic N) is 5. The number of hydrogen-bond acceptors (Lipinski definition) is 4. The lowest BCUT2D eigenvalue weighted by molar-refractivity contribution is 1.05. The Bertz CT molecular complexity index is 1060. The Morgan fingerprint density at radius 2 is 1.83 bits per heavy atom. The van der Waals surface area contributed by atoms with Crippen molar-refractivity contribution in [1.29, 1.82) is 0 Å². The molecule has 24 heavy (non-hydrogen) atoms. The third-order valence-corrected chi connectivity index (χ3v) is 3.88. The van der Waals surface area contributed by atoms with Gasteiger partial charge in [0.2, 0.25) is 0 Å². The van der Waals surface area contributed by atoms with Crippen LogP contribution in [0.25, 0.3) is 16.7 Å². The molecule has 0 amide bonds. The molecule has 0 unspecified atom stereocenters. The Balaban J connectivity index is 2.01. The summed E-state index contributed by atoms with van der Waals surface area (Å²) in [6.07, 6.45) is 1.69. The SMILES string of the molecule is CC#CCN(c1ccccc1)c1nc2nncn2c2ccccc12. The van der Waals surface area contributed by atoms with Gasteiger partial charge in [0.05, 0.1) is 12.1 Å². The summed E-state index contributed by atoms with van der Waals surface area (Å²) in [4.78, 5) is 6.85. The van der Waals surface area contributed by atoms with Gasteiger partial charge >= 0.3 is 0 Å². The van der Waals surface area contributed by atoms with Crippen LogP contribution in [0.15, 0.2) is 60.9 Å². The number of anilines is 2. The molecule has 0 aliphatic heterocycles. The molecule has 5 nitrogen and oxygen atoms in total. The molecule has 0 spiro atoms. The molecule has 0 fully saturated rings. The minimum atomic E-state index is 0.557. The fraction of sp³-hybridized carbons (Fsp3) is 0.105. The zero-order valence-electron chi connectivity index (χ0n) is 13.2. The number of hydrogen-bond donors (Lipinski definition) is 0. The molecule has 2 aromatic heterocycles. The lowest BCUT2D eigenvalue weighted by Gasteiger charge is -2.23. The van der Waals surface area contributed by atoms with Crippen molar-refractivity contribution >= 4 is 28.2 Å². The lowest BCUT2D eigenvalue weighted by atomic mass is 10.2. The van der Waals surface area contributed by atoms with Crippen LogP contribution in [0, 0.1) is 11.8 Å². The molecule has 5 heteroatoms. The second-order valence-corrected chi connectivity index (χ2v) is 5.30. The normalized spacial score (nSPS) is 10.5. The summed E-state index contributed by atoms with van der Waals surface area (Å²) >= 11 is 0. The molecular weight excluding hydrogens is 298 g/mol. The molecule has 0 saturated carbocycles. The fourth-order valence-electron chi connectivity index (χ4n) is 2.76. The van der Waals surface area contributed by atoms with Gasteiger partial charge in [-0.15, -0.1) is 16.1 Å². The summed E-state index contributed by atoms with van der Waals surface area (Å²) in [5.41, 5.74) is 2.06. The van der Waals surface area contributed by atoms with E-state index < -0.39 is 0 Å². The highest BCUT2D eigenvalue weighted by Gasteiger charge is 2.16. The van der Waals surface area contributed by atoms with Crippen LogP contribution in [-0.4, -0.2) is 26.1 Å². The van der Waals surface area contributed by atoms with Gasteiger partial charge in [-0.05, 0) is 31.2 Å². The smallest absolute Gasteiger partial charge is 0.257 e. The Kier molecular flexibility index (Phi) is 3.56. The second-order valence-electron chi connectivity index (χ2n) is 5.30. The van der Waals surface area contributed by atoms with Gasteiger partial charge in [0.15, 0.2) is 0 Å². The third kappa shape index (κ3) is 2.34. The average molecular weight is 313 g/mol. The third-order valence-electron chi connectivity index (χ3n) is 3.88. The van der Waals surface area contributed by atoms with Crippen LogP contribution in [0.4, 0.5) is 11.5 Å². The maximum Gasteiger partial charge on any atom is 0.257 e. The van der Waals surface area contributed by atoms with Crippen LogP contribution in [-0.2, 0) is 0 Å². The summed E-state index contributed by atoms with van der Waals surface area (Å²) in [6.45, 7) is 2.40. The van der Waals surface area contributed by atoms with Crippen molar-refractivity contribution in [2.45, 2.75) is 6.92 Å². The van der Waals surface area contributed by atoms with E-state index in [0.29, 0.717) is 12.3 Å². The summed E-state index contributed by atoms with van der Waals surface area (Å²) in [6, 6.07) is 18.3. The van der Waals surface area contributed by atoms with Crippen molar-refractivity contribution in [3.63, 3.8) is 0 Å². The van der Waals surface area contributed by atoms with Gasteiger partial charge in [0.1, 0.15) is 12.1 Å². The van der Waals surface area contributed by atoms with Gasteiger partial charge in [-0.3, -0.25) is 4.40 Å². The quantitative estimate of drug-likeness (QED) is 0.544. The molecule has 4 aromatic rings. The zero-order chi connectivity index (χ0) is 16.4. The number of benzene rings is 2. The summed E-state index contributed by atoms with van der Waals surface area (Å²) in [5, 5.41) is 9.15. The van der Waals surface area contributed by atoms with E-state index in [-0.39, 0.29) is 0 Å². The number of para-hydroxylation sites is 2. The van der Waals surface area contributed by atoms with E-state index in [1.807, 2.05) is 47.7 Å². The summed E-state index contributed by atoms with van der Waals surface area (Å²) in [5.74, 6) is 7.52. The Morgan fingerprint density at radius 3 is 2.67 bits per heavy atom. The predicted octanol–water partition coefficient (Wildman–Crippen LogP) is 3.44. The van der Waals surface area contributed by atoms with Gasteiger partial charge in [0, 0.05) is 11.1 Å². The highest BCUT2D eigenvalue weighted by Crippen LogP contribution is 2.30. The average Bonchev–Trinajstić information content (AvgIpc) is 3.12. The maximum atomic E-state index is 4.74. The van der Waals surface area contributed by atoms with Crippen molar-refractivity contribution in [2.75, 3.05) is 11.4 Å². The molecule has 4 rings (SSSR count). The Hall–Kier alpha value is -3.39. The standard InChI is InChI=1S/C19H15N5/c1-2-3-13-23(15-9-5-4-6-10-15)18-16-11-7-8-12-17(16)24-14-20-22-19(24)21-18/h4-12,14H,13H2,1H3. The van der Waals surface area contributed by atoms with Crippen LogP contribution in [0.2, 0.25) is 0 Å². The Labute approximate surface area is 139 Å². The highest BCUT2D eigenvalue weighted by molar-refractivity contribution is 5.93. The van der Waals surface area contributed by atoms with Gasteiger partial charge in [-0.25, -0.2) is 0 Å². The van der Waals surface area contributed by atoms with Gasteiger partial charge in [-0.2, -0.15) is 4.98 Å². The summed E-state index contributed by atoms with van der Waals surface area (Å²) < 4.78 is 1.90. The van der Waals surface area contributed by atoms with Crippen LogP contribution in [0.3, 0.4) is 0 Å². The van der Waals surface area contributed by atoms with E-state index in [1.165, 1.54) is 0 Å². The minimum absolute atomic E-state index is 0.557. The largest absolute Gasteiger partial charge is 0.314 e. The number of rotatable bonds is 3. The van der Waals surface area contributed by atoms with Crippen LogP contribution < -0.4 is 4.90 Å². The van der Waals surface area contributed by atoms with E-state index in [0.717, 1.165) is 22.4 Å². The van der Waals surface area contributed by atoms with Crippen molar-refractivity contribution in [3.8, 4) is 11.8 Å². The molecule has 0 atom stereocenters. The molecule has 116 valence electrons. The summed E-state index contributed by atoms with van der Waals surface area (Å²) in [7, 11) is 0. The van der Waals surface area contributed by atoms with Crippen LogP contribution in [0.5, 0.6) is 0 Å². The predicted molar refractivity (Wildman–Crippen MR) is 95.2 cm³/mol. The van der Waals surface area contributed by atoms with Crippen molar-refractivity contribution in [1.82, 2.24) is 19.6 Å². The van der Waals surface area contributed by atoms with E-state index in [9.17, 15) is 0 Å².